The highest BCUT2D eigenvalue weighted by molar-refractivity contribution is 6.04. The van der Waals surface area contributed by atoms with Crippen molar-refractivity contribution >= 4 is 11.7 Å². The van der Waals surface area contributed by atoms with E-state index < -0.39 is 5.97 Å². The third kappa shape index (κ3) is 2.93. The number of hydrogen-bond acceptors (Lipinski definition) is 5. The van der Waals surface area contributed by atoms with E-state index in [0.29, 0.717) is 35.8 Å². The number of benzene rings is 2. The first-order valence-corrected chi connectivity index (χ1v) is 6.92. The molecule has 0 radical (unpaired) electrons. The zero-order valence-electron chi connectivity index (χ0n) is 12.1. The van der Waals surface area contributed by atoms with Gasteiger partial charge in [-0.1, -0.05) is 23.4 Å². The van der Waals surface area contributed by atoms with Crippen molar-refractivity contribution in [1.29, 1.82) is 0 Å². The van der Waals surface area contributed by atoms with Crippen molar-refractivity contribution < 1.29 is 19.1 Å². The van der Waals surface area contributed by atoms with Crippen LogP contribution in [-0.4, -0.2) is 25.4 Å². The fourth-order valence-corrected chi connectivity index (χ4v) is 2.20. The summed E-state index contributed by atoms with van der Waals surface area (Å²) in [5, 5.41) is 4.00. The molecule has 0 amide bonds. The average molecular weight is 297 g/mol. The number of oxime groups is 1. The van der Waals surface area contributed by atoms with Gasteiger partial charge in [0.2, 0.25) is 0 Å². The molecule has 1 aliphatic rings. The van der Waals surface area contributed by atoms with E-state index in [4.69, 9.17) is 14.3 Å². The van der Waals surface area contributed by atoms with Gasteiger partial charge in [0, 0.05) is 18.1 Å². The zero-order valence-corrected chi connectivity index (χ0v) is 12.1. The van der Waals surface area contributed by atoms with Crippen LogP contribution in [0.3, 0.4) is 0 Å². The van der Waals surface area contributed by atoms with Crippen molar-refractivity contribution in [2.45, 2.75) is 6.42 Å². The lowest BCUT2D eigenvalue weighted by molar-refractivity contribution is 0.0514. The second-order valence-corrected chi connectivity index (χ2v) is 4.74. The Morgan fingerprint density at radius 2 is 2.00 bits per heavy atom. The smallest absolute Gasteiger partial charge is 0.365 e. The number of nitrogens with zero attached hydrogens (tertiary/aromatic N) is 1. The van der Waals surface area contributed by atoms with E-state index >= 15 is 0 Å². The summed E-state index contributed by atoms with van der Waals surface area (Å²) in [5.41, 5.74) is 1.97. The summed E-state index contributed by atoms with van der Waals surface area (Å²) in [5.74, 6) is 0.913. The van der Waals surface area contributed by atoms with E-state index in [0.717, 1.165) is 5.56 Å². The summed E-state index contributed by atoms with van der Waals surface area (Å²) in [6, 6.07) is 14.2. The Morgan fingerprint density at radius 3 is 2.77 bits per heavy atom. The lowest BCUT2D eigenvalue weighted by atomic mass is 10.0. The van der Waals surface area contributed by atoms with Crippen molar-refractivity contribution in [3.8, 4) is 11.5 Å². The Kier molecular flexibility index (Phi) is 4.05. The van der Waals surface area contributed by atoms with Gasteiger partial charge in [0.15, 0.2) is 0 Å². The maximum absolute atomic E-state index is 11.9. The van der Waals surface area contributed by atoms with E-state index in [1.807, 2.05) is 18.2 Å². The van der Waals surface area contributed by atoms with E-state index in [1.54, 1.807) is 37.4 Å². The van der Waals surface area contributed by atoms with Crippen molar-refractivity contribution in [3.05, 3.63) is 59.7 Å². The highest BCUT2D eigenvalue weighted by atomic mass is 16.7. The van der Waals surface area contributed by atoms with E-state index in [9.17, 15) is 4.79 Å². The molecule has 0 saturated carbocycles. The Hall–Kier alpha value is -2.82. The molecule has 112 valence electrons. The van der Waals surface area contributed by atoms with Crippen molar-refractivity contribution in [2.75, 3.05) is 13.7 Å². The molecule has 22 heavy (non-hydrogen) atoms. The molecule has 0 fully saturated rings. The largest absolute Gasteiger partial charge is 0.497 e. The number of hydrogen-bond donors (Lipinski definition) is 0. The first-order valence-electron chi connectivity index (χ1n) is 6.92. The molecular formula is C17H15NO4. The Labute approximate surface area is 128 Å². The molecule has 1 heterocycles. The van der Waals surface area contributed by atoms with E-state index in [1.165, 1.54) is 0 Å². The van der Waals surface area contributed by atoms with Gasteiger partial charge in [-0.3, -0.25) is 0 Å². The number of rotatable bonds is 3. The number of carbonyl (C=O) groups excluding carboxylic acids is 1. The summed E-state index contributed by atoms with van der Waals surface area (Å²) in [6.07, 6.45) is 0.585. The normalized spacial score (nSPS) is 14.9. The fraction of sp³-hybridized carbons (Fsp3) is 0.176. The van der Waals surface area contributed by atoms with Crippen LogP contribution in [0, 0.1) is 0 Å². The van der Waals surface area contributed by atoms with Gasteiger partial charge in [-0.25, -0.2) is 4.79 Å². The molecule has 5 nitrogen and oxygen atoms in total. The van der Waals surface area contributed by atoms with Gasteiger partial charge in [-0.05, 0) is 24.3 Å². The second kappa shape index (κ2) is 6.30. The molecule has 0 unspecified atom stereocenters. The van der Waals surface area contributed by atoms with E-state index in [2.05, 4.69) is 5.16 Å². The van der Waals surface area contributed by atoms with Gasteiger partial charge in [-0.2, -0.15) is 0 Å². The average Bonchev–Trinajstić information content (AvgIpc) is 2.59. The van der Waals surface area contributed by atoms with Crippen LogP contribution >= 0.6 is 0 Å². The minimum atomic E-state index is -0.477. The van der Waals surface area contributed by atoms with Gasteiger partial charge in [0.1, 0.15) is 11.5 Å². The van der Waals surface area contributed by atoms with E-state index in [-0.39, 0.29) is 0 Å². The minimum Gasteiger partial charge on any atom is -0.497 e. The third-order valence-electron chi connectivity index (χ3n) is 3.34. The summed E-state index contributed by atoms with van der Waals surface area (Å²) in [6.45, 7) is 0.488. The van der Waals surface area contributed by atoms with Crippen molar-refractivity contribution in [3.63, 3.8) is 0 Å². The van der Waals surface area contributed by atoms with Crippen LogP contribution in [0.25, 0.3) is 0 Å². The molecule has 0 atom stereocenters. The van der Waals surface area contributed by atoms with Gasteiger partial charge < -0.3 is 14.3 Å². The predicted molar refractivity (Wildman–Crippen MR) is 81.5 cm³/mol. The Balaban J connectivity index is 1.80. The van der Waals surface area contributed by atoms with Crippen molar-refractivity contribution in [2.24, 2.45) is 5.16 Å². The van der Waals surface area contributed by atoms with Gasteiger partial charge >= 0.3 is 5.97 Å². The van der Waals surface area contributed by atoms with Gasteiger partial charge in [-0.15, -0.1) is 0 Å². The number of methoxy groups -OCH3 is 1. The standard InChI is InChI=1S/C17H15NO4/c1-20-13-7-8-14-15(9-10-21-16(14)11-13)18-22-17(19)12-5-3-2-4-6-12/h2-8,11H,9-10H2,1H3/b18-15+. The molecule has 3 rings (SSSR count). The Bertz CT molecular complexity index is 710. The van der Waals surface area contributed by atoms with Crippen molar-refractivity contribution in [1.82, 2.24) is 0 Å². The number of ether oxygens (including phenoxy) is 2. The highest BCUT2D eigenvalue weighted by Gasteiger charge is 2.19. The molecule has 2 aromatic carbocycles. The quantitative estimate of drug-likeness (QED) is 0.645. The summed E-state index contributed by atoms with van der Waals surface area (Å²) in [4.78, 5) is 17.0. The second-order valence-electron chi connectivity index (χ2n) is 4.74. The third-order valence-corrected chi connectivity index (χ3v) is 3.34. The lowest BCUT2D eigenvalue weighted by Gasteiger charge is -2.19. The monoisotopic (exact) mass is 297 g/mol. The molecule has 0 saturated heterocycles. The van der Waals surface area contributed by atoms with Crippen LogP contribution in [0.1, 0.15) is 22.3 Å². The van der Waals surface area contributed by atoms with Gasteiger partial charge in [0.05, 0.1) is 25.0 Å². The first kappa shape index (κ1) is 14.1. The molecule has 0 N–H and O–H groups in total. The van der Waals surface area contributed by atoms with Crippen LogP contribution in [0.5, 0.6) is 11.5 Å². The summed E-state index contributed by atoms with van der Waals surface area (Å²) >= 11 is 0. The molecular weight excluding hydrogens is 282 g/mol. The predicted octanol–water partition coefficient (Wildman–Crippen LogP) is 3.04. The van der Waals surface area contributed by atoms with Crippen LogP contribution < -0.4 is 9.47 Å². The number of carbonyl (C=O) groups is 1. The molecule has 1 aliphatic heterocycles. The van der Waals surface area contributed by atoms with Crippen LogP contribution in [0.4, 0.5) is 0 Å². The highest BCUT2D eigenvalue weighted by Crippen LogP contribution is 2.29. The fourth-order valence-electron chi connectivity index (χ4n) is 2.20. The SMILES string of the molecule is COc1ccc2c(c1)OCC/C2=N\OC(=O)c1ccccc1. The van der Waals surface area contributed by atoms with Crippen LogP contribution in [-0.2, 0) is 4.84 Å². The lowest BCUT2D eigenvalue weighted by Crippen LogP contribution is -2.17. The molecule has 0 bridgehead atoms. The summed E-state index contributed by atoms with van der Waals surface area (Å²) < 4.78 is 10.8. The maximum Gasteiger partial charge on any atom is 0.365 e. The topological polar surface area (TPSA) is 57.1 Å². The molecule has 2 aromatic rings. The molecule has 0 aromatic heterocycles. The zero-order chi connectivity index (χ0) is 15.4. The minimum absolute atomic E-state index is 0.467. The first-order chi connectivity index (χ1) is 10.8. The van der Waals surface area contributed by atoms with Crippen LogP contribution in [0.2, 0.25) is 0 Å². The van der Waals surface area contributed by atoms with Crippen LogP contribution in [0.15, 0.2) is 53.7 Å². The Morgan fingerprint density at radius 1 is 1.18 bits per heavy atom. The van der Waals surface area contributed by atoms with Gasteiger partial charge in [0.25, 0.3) is 0 Å². The maximum atomic E-state index is 11.9. The molecule has 0 spiro atoms. The summed E-state index contributed by atoms with van der Waals surface area (Å²) in [7, 11) is 1.60. The number of fused-ring (bicyclic) bond motifs is 1. The molecule has 0 aliphatic carbocycles. The molecule has 5 heteroatoms.